The molecule has 198 valence electrons. The van der Waals surface area contributed by atoms with Gasteiger partial charge in [0.15, 0.2) is 0 Å². The minimum atomic E-state index is 1.13. The van der Waals surface area contributed by atoms with Crippen LogP contribution in [0.3, 0.4) is 0 Å². The largest absolute Gasteiger partial charge is 0.311 e. The molecule has 1 heteroatoms. The highest BCUT2D eigenvalue weighted by atomic mass is 15.1. The lowest BCUT2D eigenvalue weighted by molar-refractivity contribution is 1.28. The summed E-state index contributed by atoms with van der Waals surface area (Å²) in [5.41, 5.74) is 8.43. The van der Waals surface area contributed by atoms with Crippen LogP contribution in [0.2, 0.25) is 0 Å². The number of para-hydroxylation sites is 2. The second-order valence-corrected chi connectivity index (χ2v) is 9.76. The maximum Gasteiger partial charge on any atom is 0.0462 e. The van der Waals surface area contributed by atoms with E-state index in [9.17, 15) is 0 Å². The lowest BCUT2D eigenvalue weighted by Crippen LogP contribution is -2.09. The van der Waals surface area contributed by atoms with Crippen LogP contribution in [-0.4, -0.2) is 0 Å². The van der Waals surface area contributed by atoms with Gasteiger partial charge in [0, 0.05) is 17.1 Å². The van der Waals surface area contributed by atoms with Crippen molar-refractivity contribution in [3.63, 3.8) is 0 Å². The van der Waals surface area contributed by atoms with Gasteiger partial charge in [0.05, 0.1) is 0 Å². The maximum atomic E-state index is 2.30. The molecule has 0 saturated carbocycles. The summed E-state index contributed by atoms with van der Waals surface area (Å²) in [6.45, 7) is 4.00. The van der Waals surface area contributed by atoms with E-state index in [1.54, 1.807) is 0 Å². The van der Waals surface area contributed by atoms with Crippen molar-refractivity contribution in [3.05, 3.63) is 164 Å². The van der Waals surface area contributed by atoms with Crippen molar-refractivity contribution in [2.75, 3.05) is 4.90 Å². The molecule has 7 rings (SSSR count). The predicted octanol–water partition coefficient (Wildman–Crippen LogP) is 11.8. The lowest BCUT2D eigenvalue weighted by atomic mass is 9.86. The van der Waals surface area contributed by atoms with Crippen molar-refractivity contribution in [1.82, 2.24) is 0 Å². The Morgan fingerprint density at radius 3 is 0.976 bits per heavy atom. The molecule has 0 fully saturated rings. The zero-order valence-corrected chi connectivity index (χ0v) is 23.5. The first-order valence-corrected chi connectivity index (χ1v) is 14.4. The van der Waals surface area contributed by atoms with E-state index in [0.717, 1.165) is 17.1 Å². The van der Waals surface area contributed by atoms with Crippen LogP contribution in [0.15, 0.2) is 164 Å². The molecule has 0 aliphatic heterocycles. The summed E-state index contributed by atoms with van der Waals surface area (Å²) in [4.78, 5) is 2.30. The summed E-state index contributed by atoms with van der Waals surface area (Å²) < 4.78 is 0. The van der Waals surface area contributed by atoms with E-state index in [4.69, 9.17) is 0 Å². The molecule has 7 aromatic rings. The number of benzene rings is 7. The van der Waals surface area contributed by atoms with Gasteiger partial charge < -0.3 is 4.90 Å². The zero-order valence-electron chi connectivity index (χ0n) is 23.5. The van der Waals surface area contributed by atoms with E-state index >= 15 is 0 Å². The zero-order chi connectivity index (χ0) is 28.0. The van der Waals surface area contributed by atoms with Gasteiger partial charge in [-0.15, -0.1) is 0 Å². The van der Waals surface area contributed by atoms with Crippen LogP contribution in [0.5, 0.6) is 0 Å². The van der Waals surface area contributed by atoms with Gasteiger partial charge in [-0.3, -0.25) is 0 Å². The Hall–Kier alpha value is -5.14. The van der Waals surface area contributed by atoms with Gasteiger partial charge in [-0.05, 0) is 80.2 Å². The van der Waals surface area contributed by atoms with Gasteiger partial charge in [-0.2, -0.15) is 0 Å². The van der Waals surface area contributed by atoms with E-state index < -0.39 is 0 Å². The monoisotopic (exact) mass is 527 g/mol. The van der Waals surface area contributed by atoms with Gasteiger partial charge in [0.2, 0.25) is 0 Å². The van der Waals surface area contributed by atoms with Crippen LogP contribution in [0.4, 0.5) is 17.1 Å². The number of rotatable bonds is 5. The Morgan fingerprint density at radius 2 is 0.585 bits per heavy atom. The normalized spacial score (nSPS) is 10.7. The number of hydrogen-bond acceptors (Lipinski definition) is 1. The molecular formula is C40H33N. The van der Waals surface area contributed by atoms with E-state index in [2.05, 4.69) is 169 Å². The van der Waals surface area contributed by atoms with Crippen molar-refractivity contribution in [3.8, 4) is 22.3 Å². The van der Waals surface area contributed by atoms with Crippen LogP contribution >= 0.6 is 0 Å². The molecule has 0 bridgehead atoms. The molecule has 41 heavy (non-hydrogen) atoms. The first-order valence-electron chi connectivity index (χ1n) is 14.4. The van der Waals surface area contributed by atoms with Gasteiger partial charge in [-0.25, -0.2) is 0 Å². The molecule has 0 amide bonds. The molecule has 0 N–H and O–H groups in total. The minimum absolute atomic E-state index is 1.13. The Bertz CT molecular complexity index is 1780. The highest BCUT2D eigenvalue weighted by Crippen LogP contribution is 2.44. The fraction of sp³-hybridized carbons (Fsp3) is 0.0500. The molecule has 0 atom stereocenters. The SMILES string of the molecule is CC.c1ccc(-c2c3ccccc3c(-c3ccc(N(c4ccccc4)c4ccccc4)cc3)c3ccccc23)cc1. The van der Waals surface area contributed by atoms with Gasteiger partial charge >= 0.3 is 0 Å². The molecule has 0 unspecified atom stereocenters. The standard InChI is InChI=1S/C38H27N.C2H6/c1-4-14-28(15-5-1)37-33-20-10-12-22-35(33)38(36-23-13-11-21-34(36)37)29-24-26-32(27-25-29)39(30-16-6-2-7-17-30)31-18-8-3-9-19-31;1-2/h1-27H;1-2H3. The first kappa shape index (κ1) is 26.1. The summed E-state index contributed by atoms with van der Waals surface area (Å²) >= 11 is 0. The minimum Gasteiger partial charge on any atom is -0.311 e. The predicted molar refractivity (Wildman–Crippen MR) is 178 cm³/mol. The number of nitrogens with zero attached hydrogens (tertiary/aromatic N) is 1. The van der Waals surface area contributed by atoms with E-state index in [1.165, 1.54) is 43.8 Å². The van der Waals surface area contributed by atoms with Crippen LogP contribution in [0.1, 0.15) is 13.8 Å². The van der Waals surface area contributed by atoms with Crippen LogP contribution in [0.25, 0.3) is 43.8 Å². The van der Waals surface area contributed by atoms with Crippen LogP contribution in [-0.2, 0) is 0 Å². The highest BCUT2D eigenvalue weighted by molar-refractivity contribution is 6.21. The molecular weight excluding hydrogens is 494 g/mol. The molecule has 1 nitrogen and oxygen atoms in total. The Kier molecular flexibility index (Phi) is 7.60. The third-order valence-electron chi connectivity index (χ3n) is 7.44. The Balaban J connectivity index is 0.00000148. The van der Waals surface area contributed by atoms with E-state index in [-0.39, 0.29) is 0 Å². The summed E-state index contributed by atoms with van der Waals surface area (Å²) in [5.74, 6) is 0. The molecule has 0 radical (unpaired) electrons. The van der Waals surface area contributed by atoms with Crippen molar-refractivity contribution in [2.45, 2.75) is 13.8 Å². The Labute approximate surface area is 243 Å². The Morgan fingerprint density at radius 1 is 0.293 bits per heavy atom. The number of hydrogen-bond donors (Lipinski definition) is 0. The van der Waals surface area contributed by atoms with E-state index in [0.29, 0.717) is 0 Å². The first-order chi connectivity index (χ1) is 20.4. The fourth-order valence-corrected chi connectivity index (χ4v) is 5.73. The number of anilines is 3. The molecule has 7 aromatic carbocycles. The second kappa shape index (κ2) is 11.9. The van der Waals surface area contributed by atoms with Crippen molar-refractivity contribution >= 4 is 38.6 Å². The van der Waals surface area contributed by atoms with E-state index in [1.807, 2.05) is 13.8 Å². The average Bonchev–Trinajstić information content (AvgIpc) is 3.06. The molecule has 0 aliphatic rings. The third kappa shape index (κ3) is 4.99. The van der Waals surface area contributed by atoms with Gasteiger partial charge in [0.25, 0.3) is 0 Å². The molecule has 0 aliphatic carbocycles. The topological polar surface area (TPSA) is 3.24 Å². The highest BCUT2D eigenvalue weighted by Gasteiger charge is 2.17. The van der Waals surface area contributed by atoms with Crippen molar-refractivity contribution < 1.29 is 0 Å². The molecule has 0 saturated heterocycles. The van der Waals surface area contributed by atoms with Crippen LogP contribution < -0.4 is 4.90 Å². The molecule has 0 heterocycles. The summed E-state index contributed by atoms with van der Waals surface area (Å²) in [5, 5.41) is 5.09. The van der Waals surface area contributed by atoms with Gasteiger partial charge in [0.1, 0.15) is 0 Å². The van der Waals surface area contributed by atoms with Crippen molar-refractivity contribution in [1.29, 1.82) is 0 Å². The number of fused-ring (bicyclic) bond motifs is 2. The summed E-state index contributed by atoms with van der Waals surface area (Å²) in [6.07, 6.45) is 0. The maximum absolute atomic E-state index is 2.30. The quantitative estimate of drug-likeness (QED) is 0.201. The molecule has 0 spiro atoms. The lowest BCUT2D eigenvalue weighted by Gasteiger charge is -2.25. The summed E-state index contributed by atoms with van der Waals surface area (Å²) in [6, 6.07) is 58.5. The summed E-state index contributed by atoms with van der Waals surface area (Å²) in [7, 11) is 0. The second-order valence-electron chi connectivity index (χ2n) is 9.76. The fourth-order valence-electron chi connectivity index (χ4n) is 5.73. The van der Waals surface area contributed by atoms with Crippen LogP contribution in [0, 0.1) is 0 Å². The third-order valence-corrected chi connectivity index (χ3v) is 7.44. The average molecular weight is 528 g/mol. The smallest absolute Gasteiger partial charge is 0.0462 e. The van der Waals surface area contributed by atoms with Crippen molar-refractivity contribution in [2.24, 2.45) is 0 Å². The molecule has 0 aromatic heterocycles. The van der Waals surface area contributed by atoms with Gasteiger partial charge in [-0.1, -0.05) is 141 Å².